The largest absolute Gasteiger partial charge is 0.343 e. The minimum absolute atomic E-state index is 0.113. The fraction of sp³-hybridized carbons (Fsp3) is 0.929. The van der Waals surface area contributed by atoms with E-state index < -0.39 is 0 Å². The van der Waals surface area contributed by atoms with E-state index in [1.165, 1.54) is 19.3 Å². The van der Waals surface area contributed by atoms with Gasteiger partial charge in [-0.15, -0.1) is 0 Å². The number of carbonyl (C=O) groups excluding carboxylic acids is 1. The number of amides is 1. The van der Waals surface area contributed by atoms with Gasteiger partial charge >= 0.3 is 0 Å². The van der Waals surface area contributed by atoms with Crippen LogP contribution in [0.25, 0.3) is 0 Å². The van der Waals surface area contributed by atoms with Gasteiger partial charge in [0.15, 0.2) is 0 Å². The number of rotatable bonds is 4. The summed E-state index contributed by atoms with van der Waals surface area (Å²) >= 11 is 0. The van der Waals surface area contributed by atoms with Crippen molar-refractivity contribution in [3.63, 3.8) is 0 Å². The van der Waals surface area contributed by atoms with Gasteiger partial charge in [0.05, 0.1) is 0 Å². The molecule has 0 bridgehead atoms. The van der Waals surface area contributed by atoms with Crippen LogP contribution in [0.15, 0.2) is 0 Å². The number of hydrogen-bond acceptors (Lipinski definition) is 2. The lowest BCUT2D eigenvalue weighted by Crippen LogP contribution is -2.44. The fourth-order valence-corrected chi connectivity index (χ4v) is 2.67. The molecule has 2 rings (SSSR count). The highest BCUT2D eigenvalue weighted by Gasteiger charge is 2.33. The third kappa shape index (κ3) is 3.21. The number of piperidine rings is 1. The minimum Gasteiger partial charge on any atom is -0.343 e. The van der Waals surface area contributed by atoms with Crippen LogP contribution < -0.4 is 5.73 Å². The number of nitrogens with zero attached hydrogens (tertiary/aromatic N) is 1. The van der Waals surface area contributed by atoms with E-state index in [1.54, 1.807) is 0 Å². The molecule has 2 aliphatic rings. The van der Waals surface area contributed by atoms with Crippen molar-refractivity contribution in [2.45, 2.75) is 58.4 Å². The van der Waals surface area contributed by atoms with Crippen LogP contribution in [0.5, 0.6) is 0 Å². The Morgan fingerprint density at radius 3 is 2.47 bits per heavy atom. The Kier molecular flexibility index (Phi) is 3.76. The molecule has 3 heteroatoms. The molecular weight excluding hydrogens is 212 g/mol. The standard InChI is InChI=1S/C14H26N2O/c1-3-14(2)6-8-16(9-7-14)13(17)10-12(15)11-4-5-11/h11-12H,3-10,15H2,1-2H3. The summed E-state index contributed by atoms with van der Waals surface area (Å²) in [6, 6.07) is 0.113. The molecule has 1 heterocycles. The monoisotopic (exact) mass is 238 g/mol. The lowest BCUT2D eigenvalue weighted by molar-refractivity contribution is -0.133. The van der Waals surface area contributed by atoms with E-state index in [9.17, 15) is 4.79 Å². The quantitative estimate of drug-likeness (QED) is 0.815. The van der Waals surface area contributed by atoms with Crippen molar-refractivity contribution in [2.24, 2.45) is 17.1 Å². The first kappa shape index (κ1) is 12.9. The molecule has 1 aliphatic heterocycles. The number of likely N-dealkylation sites (tertiary alicyclic amines) is 1. The van der Waals surface area contributed by atoms with Crippen molar-refractivity contribution in [1.29, 1.82) is 0 Å². The minimum atomic E-state index is 0.113. The van der Waals surface area contributed by atoms with Gasteiger partial charge in [-0.2, -0.15) is 0 Å². The first-order valence-electron chi connectivity index (χ1n) is 7.07. The number of nitrogens with two attached hydrogens (primary N) is 1. The summed E-state index contributed by atoms with van der Waals surface area (Å²) in [4.78, 5) is 14.1. The number of hydrogen-bond donors (Lipinski definition) is 1. The molecule has 0 radical (unpaired) electrons. The Labute approximate surface area is 105 Å². The molecule has 1 saturated carbocycles. The molecule has 0 aromatic heterocycles. The van der Waals surface area contributed by atoms with Crippen LogP contribution in [-0.2, 0) is 4.79 Å². The van der Waals surface area contributed by atoms with Gasteiger partial charge in [0.25, 0.3) is 0 Å². The van der Waals surface area contributed by atoms with E-state index >= 15 is 0 Å². The van der Waals surface area contributed by atoms with Gasteiger partial charge in [0.1, 0.15) is 0 Å². The summed E-state index contributed by atoms with van der Waals surface area (Å²) in [5.41, 5.74) is 6.47. The molecule has 0 aromatic rings. The molecule has 1 unspecified atom stereocenters. The van der Waals surface area contributed by atoms with Gasteiger partial charge in [0.2, 0.25) is 5.91 Å². The zero-order chi connectivity index (χ0) is 12.5. The van der Waals surface area contributed by atoms with Crippen molar-refractivity contribution in [1.82, 2.24) is 4.90 Å². The Hall–Kier alpha value is -0.570. The maximum atomic E-state index is 12.1. The van der Waals surface area contributed by atoms with Crippen molar-refractivity contribution < 1.29 is 4.79 Å². The Morgan fingerprint density at radius 1 is 1.41 bits per heavy atom. The van der Waals surface area contributed by atoms with E-state index in [2.05, 4.69) is 13.8 Å². The molecule has 1 atom stereocenters. The maximum absolute atomic E-state index is 12.1. The second kappa shape index (κ2) is 4.97. The molecule has 1 amide bonds. The van der Waals surface area contributed by atoms with Crippen LogP contribution in [0, 0.1) is 11.3 Å². The fourth-order valence-electron chi connectivity index (χ4n) is 2.67. The average Bonchev–Trinajstić information content (AvgIpc) is 3.13. The third-order valence-electron chi connectivity index (χ3n) is 4.81. The van der Waals surface area contributed by atoms with Crippen molar-refractivity contribution in [3.05, 3.63) is 0 Å². The van der Waals surface area contributed by atoms with Gasteiger partial charge in [0, 0.05) is 25.6 Å². The molecule has 2 fully saturated rings. The van der Waals surface area contributed by atoms with Crippen LogP contribution in [0.1, 0.15) is 52.4 Å². The summed E-state index contributed by atoms with van der Waals surface area (Å²) < 4.78 is 0. The summed E-state index contributed by atoms with van der Waals surface area (Å²) in [5, 5.41) is 0. The molecule has 0 aromatic carbocycles. The normalized spacial score (nSPS) is 25.7. The third-order valence-corrected chi connectivity index (χ3v) is 4.81. The number of carbonyl (C=O) groups is 1. The lowest BCUT2D eigenvalue weighted by Gasteiger charge is -2.39. The molecule has 98 valence electrons. The maximum Gasteiger partial charge on any atom is 0.224 e. The molecular formula is C14H26N2O. The highest BCUT2D eigenvalue weighted by Crippen LogP contribution is 2.35. The molecule has 1 aliphatic carbocycles. The first-order chi connectivity index (χ1) is 8.04. The van der Waals surface area contributed by atoms with E-state index in [1.807, 2.05) is 4.90 Å². The van der Waals surface area contributed by atoms with Crippen molar-refractivity contribution in [2.75, 3.05) is 13.1 Å². The zero-order valence-corrected chi connectivity index (χ0v) is 11.2. The summed E-state index contributed by atoms with van der Waals surface area (Å²) in [6.07, 6.45) is 6.52. The molecule has 2 N–H and O–H groups in total. The Bertz CT molecular complexity index is 278. The highest BCUT2D eigenvalue weighted by molar-refractivity contribution is 5.77. The van der Waals surface area contributed by atoms with E-state index in [4.69, 9.17) is 5.73 Å². The van der Waals surface area contributed by atoms with Gasteiger partial charge < -0.3 is 10.6 Å². The second-order valence-corrected chi connectivity index (χ2v) is 6.25. The van der Waals surface area contributed by atoms with E-state index in [0.717, 1.165) is 25.9 Å². The Morgan fingerprint density at radius 2 is 2.00 bits per heavy atom. The predicted molar refractivity (Wildman–Crippen MR) is 69.5 cm³/mol. The summed E-state index contributed by atoms with van der Waals surface area (Å²) in [5.74, 6) is 0.909. The lowest BCUT2D eigenvalue weighted by atomic mass is 9.78. The van der Waals surface area contributed by atoms with Gasteiger partial charge in [-0.1, -0.05) is 20.3 Å². The molecule has 17 heavy (non-hydrogen) atoms. The van der Waals surface area contributed by atoms with Gasteiger partial charge in [-0.3, -0.25) is 4.79 Å². The average molecular weight is 238 g/mol. The molecule has 1 saturated heterocycles. The summed E-state index contributed by atoms with van der Waals surface area (Å²) in [7, 11) is 0. The SMILES string of the molecule is CCC1(C)CCN(C(=O)CC(N)C2CC2)CC1. The van der Waals surface area contributed by atoms with Crippen LogP contribution >= 0.6 is 0 Å². The Balaban J connectivity index is 1.77. The van der Waals surface area contributed by atoms with Gasteiger partial charge in [-0.05, 0) is 37.0 Å². The van der Waals surface area contributed by atoms with Crippen LogP contribution in [0.4, 0.5) is 0 Å². The topological polar surface area (TPSA) is 46.3 Å². The van der Waals surface area contributed by atoms with Crippen LogP contribution in [0.2, 0.25) is 0 Å². The highest BCUT2D eigenvalue weighted by atomic mass is 16.2. The van der Waals surface area contributed by atoms with Crippen LogP contribution in [-0.4, -0.2) is 29.9 Å². The second-order valence-electron chi connectivity index (χ2n) is 6.25. The first-order valence-corrected chi connectivity index (χ1v) is 7.07. The van der Waals surface area contributed by atoms with Crippen molar-refractivity contribution in [3.8, 4) is 0 Å². The molecule has 0 spiro atoms. The molecule has 3 nitrogen and oxygen atoms in total. The smallest absolute Gasteiger partial charge is 0.224 e. The summed E-state index contributed by atoms with van der Waals surface area (Å²) in [6.45, 7) is 6.45. The van der Waals surface area contributed by atoms with E-state index in [0.29, 0.717) is 17.8 Å². The van der Waals surface area contributed by atoms with E-state index in [-0.39, 0.29) is 11.9 Å². The zero-order valence-electron chi connectivity index (χ0n) is 11.2. The van der Waals surface area contributed by atoms with Crippen LogP contribution in [0.3, 0.4) is 0 Å². The van der Waals surface area contributed by atoms with Crippen molar-refractivity contribution >= 4 is 5.91 Å². The van der Waals surface area contributed by atoms with Gasteiger partial charge in [-0.25, -0.2) is 0 Å². The predicted octanol–water partition coefficient (Wildman–Crippen LogP) is 2.15.